The van der Waals surface area contributed by atoms with E-state index in [1.165, 1.54) is 17.3 Å². The topological polar surface area (TPSA) is 57.8 Å². The van der Waals surface area contributed by atoms with E-state index in [1.54, 1.807) is 0 Å². The van der Waals surface area contributed by atoms with Crippen LogP contribution in [0.1, 0.15) is 22.5 Å². The number of aromatic amines is 1. The summed E-state index contributed by atoms with van der Waals surface area (Å²) in [7, 11) is 0. The molecule has 0 aliphatic heterocycles. The van der Waals surface area contributed by atoms with E-state index in [1.807, 2.05) is 49.4 Å². The Hall–Kier alpha value is -2.24. The van der Waals surface area contributed by atoms with E-state index in [0.717, 1.165) is 40.0 Å². The smallest absolute Gasteiger partial charge is 0.230 e. The normalized spacial score (nSPS) is 10.7. The molecule has 0 unspecified atom stereocenters. The van der Waals surface area contributed by atoms with Crippen molar-refractivity contribution in [3.8, 4) is 0 Å². The zero-order chi connectivity index (χ0) is 19.1. The molecule has 0 spiro atoms. The van der Waals surface area contributed by atoms with Gasteiger partial charge in [0.2, 0.25) is 5.91 Å². The Morgan fingerprint density at radius 3 is 2.59 bits per heavy atom. The highest BCUT2D eigenvalue weighted by molar-refractivity contribution is 7.99. The lowest BCUT2D eigenvalue weighted by Gasteiger charge is -2.04. The maximum Gasteiger partial charge on any atom is 0.230 e. The van der Waals surface area contributed by atoms with Gasteiger partial charge in [-0.1, -0.05) is 65.8 Å². The molecule has 0 radical (unpaired) electrons. The standard InChI is InChI=1S/C21H22ClN3OS/c1-15-19(13-17-5-3-2-4-6-17)25-21(24-15)27-14-20(26)23-12-11-16-7-9-18(22)10-8-16/h2-10H,11-14H2,1H3,(H,23,26)(H,24,25). The summed E-state index contributed by atoms with van der Waals surface area (Å²) in [6.07, 6.45) is 1.58. The number of rotatable bonds is 8. The van der Waals surface area contributed by atoms with Crippen molar-refractivity contribution in [1.29, 1.82) is 0 Å². The van der Waals surface area contributed by atoms with Crippen LogP contribution in [0.5, 0.6) is 0 Å². The fourth-order valence-corrected chi connectivity index (χ4v) is 3.57. The molecule has 0 saturated carbocycles. The van der Waals surface area contributed by atoms with Gasteiger partial charge in [-0.05, 0) is 36.6 Å². The van der Waals surface area contributed by atoms with Crippen molar-refractivity contribution in [1.82, 2.24) is 15.3 Å². The number of benzene rings is 2. The van der Waals surface area contributed by atoms with E-state index in [4.69, 9.17) is 11.6 Å². The number of hydrogen-bond acceptors (Lipinski definition) is 3. The van der Waals surface area contributed by atoms with Crippen molar-refractivity contribution in [2.24, 2.45) is 0 Å². The molecule has 1 amide bonds. The molecule has 0 aliphatic carbocycles. The zero-order valence-corrected chi connectivity index (χ0v) is 16.7. The molecule has 4 nitrogen and oxygen atoms in total. The molecule has 3 rings (SSSR count). The lowest BCUT2D eigenvalue weighted by molar-refractivity contribution is -0.118. The first-order chi connectivity index (χ1) is 13.1. The Kier molecular flexibility index (Phi) is 6.96. The number of aromatic nitrogens is 2. The molecule has 1 aromatic heterocycles. The number of nitrogens with one attached hydrogen (secondary N) is 2. The highest BCUT2D eigenvalue weighted by Crippen LogP contribution is 2.18. The Labute approximate surface area is 168 Å². The van der Waals surface area contributed by atoms with Crippen LogP contribution in [-0.4, -0.2) is 28.2 Å². The van der Waals surface area contributed by atoms with Crippen LogP contribution in [0, 0.1) is 6.92 Å². The number of imidazole rings is 1. The minimum atomic E-state index is 0.00706. The predicted molar refractivity (Wildman–Crippen MR) is 111 cm³/mol. The minimum absolute atomic E-state index is 0.00706. The summed E-state index contributed by atoms with van der Waals surface area (Å²) in [4.78, 5) is 19.9. The predicted octanol–water partition coefficient (Wildman–Crippen LogP) is 4.41. The number of carbonyl (C=O) groups excluding carboxylic acids is 1. The SMILES string of the molecule is Cc1[nH]c(SCC(=O)NCCc2ccc(Cl)cc2)nc1Cc1ccccc1. The molecule has 3 aromatic rings. The molecule has 2 N–H and O–H groups in total. The van der Waals surface area contributed by atoms with Gasteiger partial charge in [0.1, 0.15) is 0 Å². The van der Waals surface area contributed by atoms with Crippen LogP contribution in [0.3, 0.4) is 0 Å². The summed E-state index contributed by atoms with van der Waals surface area (Å²) in [5.41, 5.74) is 4.44. The second kappa shape index (κ2) is 9.62. The van der Waals surface area contributed by atoms with Crippen molar-refractivity contribution in [3.63, 3.8) is 0 Å². The van der Waals surface area contributed by atoms with Crippen molar-refractivity contribution in [2.75, 3.05) is 12.3 Å². The van der Waals surface area contributed by atoms with Crippen LogP contribution in [0.4, 0.5) is 0 Å². The number of halogens is 1. The molecule has 140 valence electrons. The van der Waals surface area contributed by atoms with Crippen LogP contribution in [0.25, 0.3) is 0 Å². The Morgan fingerprint density at radius 1 is 1.11 bits per heavy atom. The van der Waals surface area contributed by atoms with Gasteiger partial charge < -0.3 is 10.3 Å². The molecule has 0 aliphatic rings. The summed E-state index contributed by atoms with van der Waals surface area (Å²) in [6, 6.07) is 17.9. The van der Waals surface area contributed by atoms with Crippen molar-refractivity contribution >= 4 is 29.3 Å². The first kappa shape index (κ1) is 19.5. The number of H-pyrrole nitrogens is 1. The van der Waals surface area contributed by atoms with Crippen LogP contribution in [0.2, 0.25) is 5.02 Å². The number of thioether (sulfide) groups is 1. The molecular weight excluding hydrogens is 378 g/mol. The largest absolute Gasteiger partial charge is 0.355 e. The first-order valence-corrected chi connectivity index (χ1v) is 10.2. The van der Waals surface area contributed by atoms with E-state index in [-0.39, 0.29) is 5.91 Å². The number of aryl methyl sites for hydroxylation is 1. The van der Waals surface area contributed by atoms with Gasteiger partial charge in [-0.3, -0.25) is 4.79 Å². The molecular formula is C21H22ClN3OS. The number of hydrogen-bond donors (Lipinski definition) is 2. The quantitative estimate of drug-likeness (QED) is 0.551. The molecule has 6 heteroatoms. The van der Waals surface area contributed by atoms with Gasteiger partial charge in [-0.25, -0.2) is 4.98 Å². The lowest BCUT2D eigenvalue weighted by atomic mass is 10.1. The molecule has 2 aromatic carbocycles. The lowest BCUT2D eigenvalue weighted by Crippen LogP contribution is -2.27. The zero-order valence-electron chi connectivity index (χ0n) is 15.2. The van der Waals surface area contributed by atoms with E-state index in [0.29, 0.717) is 12.3 Å². The maximum atomic E-state index is 12.0. The van der Waals surface area contributed by atoms with E-state index < -0.39 is 0 Å². The molecule has 0 saturated heterocycles. The van der Waals surface area contributed by atoms with Gasteiger partial charge in [0.15, 0.2) is 5.16 Å². The van der Waals surface area contributed by atoms with Crippen LogP contribution >= 0.6 is 23.4 Å². The van der Waals surface area contributed by atoms with Crippen LogP contribution < -0.4 is 5.32 Å². The molecule has 0 bridgehead atoms. The minimum Gasteiger partial charge on any atom is -0.355 e. The van der Waals surface area contributed by atoms with E-state index in [9.17, 15) is 4.79 Å². The Balaban J connectivity index is 1.43. The fourth-order valence-electron chi connectivity index (χ4n) is 2.68. The van der Waals surface area contributed by atoms with Crippen LogP contribution in [0.15, 0.2) is 59.8 Å². The number of amides is 1. The summed E-state index contributed by atoms with van der Waals surface area (Å²) in [5, 5.41) is 4.45. The van der Waals surface area contributed by atoms with Gasteiger partial charge >= 0.3 is 0 Å². The second-order valence-electron chi connectivity index (χ2n) is 6.29. The van der Waals surface area contributed by atoms with Gasteiger partial charge in [0, 0.05) is 23.7 Å². The van der Waals surface area contributed by atoms with Crippen molar-refractivity contribution in [3.05, 3.63) is 82.1 Å². The highest BCUT2D eigenvalue weighted by Gasteiger charge is 2.10. The van der Waals surface area contributed by atoms with E-state index >= 15 is 0 Å². The van der Waals surface area contributed by atoms with Crippen LogP contribution in [-0.2, 0) is 17.6 Å². The Morgan fingerprint density at radius 2 is 1.85 bits per heavy atom. The summed E-state index contributed by atoms with van der Waals surface area (Å²) < 4.78 is 0. The second-order valence-corrected chi connectivity index (χ2v) is 7.69. The molecule has 0 atom stereocenters. The van der Waals surface area contributed by atoms with Gasteiger partial charge in [-0.2, -0.15) is 0 Å². The van der Waals surface area contributed by atoms with Gasteiger partial charge in [-0.15, -0.1) is 0 Å². The third kappa shape index (κ3) is 6.15. The molecule has 27 heavy (non-hydrogen) atoms. The highest BCUT2D eigenvalue weighted by atomic mass is 35.5. The monoisotopic (exact) mass is 399 g/mol. The number of carbonyl (C=O) groups is 1. The first-order valence-electron chi connectivity index (χ1n) is 8.83. The average Bonchev–Trinajstić information content (AvgIpc) is 3.02. The third-order valence-electron chi connectivity index (χ3n) is 4.17. The van der Waals surface area contributed by atoms with Gasteiger partial charge in [0.05, 0.1) is 11.4 Å². The average molecular weight is 400 g/mol. The Bertz CT molecular complexity index is 878. The fraction of sp³-hybridized carbons (Fsp3) is 0.238. The number of nitrogens with zero attached hydrogens (tertiary/aromatic N) is 1. The summed E-state index contributed by atoms with van der Waals surface area (Å²) in [6.45, 7) is 2.62. The summed E-state index contributed by atoms with van der Waals surface area (Å²) >= 11 is 7.30. The third-order valence-corrected chi connectivity index (χ3v) is 5.29. The van der Waals surface area contributed by atoms with E-state index in [2.05, 4.69) is 27.4 Å². The van der Waals surface area contributed by atoms with Gasteiger partial charge in [0.25, 0.3) is 0 Å². The van der Waals surface area contributed by atoms with Crippen molar-refractivity contribution < 1.29 is 4.79 Å². The summed E-state index contributed by atoms with van der Waals surface area (Å²) in [5.74, 6) is 0.353. The van der Waals surface area contributed by atoms with Crippen molar-refractivity contribution in [2.45, 2.75) is 24.9 Å². The maximum absolute atomic E-state index is 12.0. The molecule has 0 fully saturated rings. The molecule has 1 heterocycles.